The lowest BCUT2D eigenvalue weighted by atomic mass is 10.0. The minimum Gasteiger partial charge on any atom is -0.309 e. The molecule has 1 aromatic carbocycles. The molecular weight excluding hydrogens is 238 g/mol. The molecule has 0 aliphatic heterocycles. The third kappa shape index (κ3) is 3.30. The van der Waals surface area contributed by atoms with Crippen LogP contribution in [0.25, 0.3) is 0 Å². The molecule has 1 aliphatic carbocycles. The smallest absolute Gasteiger partial charge is 0.0211 e. The van der Waals surface area contributed by atoms with Crippen molar-refractivity contribution in [3.8, 4) is 0 Å². The van der Waals surface area contributed by atoms with Gasteiger partial charge in [0, 0.05) is 17.8 Å². The van der Waals surface area contributed by atoms with Crippen LogP contribution in [0.5, 0.6) is 0 Å². The molecule has 1 aromatic rings. The molecule has 0 saturated heterocycles. The molecule has 0 heterocycles. The molecule has 1 fully saturated rings. The molecule has 2 rings (SSSR count). The first kappa shape index (κ1) is 14.0. The number of hydrogen-bond acceptors (Lipinski definition) is 2. The molecule has 0 amide bonds. The minimum atomic E-state index is 0.717. The van der Waals surface area contributed by atoms with E-state index >= 15 is 0 Å². The summed E-state index contributed by atoms with van der Waals surface area (Å²) in [6.45, 7) is 7.73. The van der Waals surface area contributed by atoms with Crippen molar-refractivity contribution in [2.45, 2.75) is 57.9 Å². The third-order valence-corrected chi connectivity index (χ3v) is 5.43. The Labute approximate surface area is 116 Å². The molecule has 1 aliphatic rings. The van der Waals surface area contributed by atoms with E-state index in [-0.39, 0.29) is 0 Å². The molecule has 2 heteroatoms. The predicted octanol–water partition coefficient (Wildman–Crippen LogP) is 4.07. The van der Waals surface area contributed by atoms with Crippen molar-refractivity contribution < 1.29 is 0 Å². The topological polar surface area (TPSA) is 12.0 Å². The fourth-order valence-electron chi connectivity index (χ4n) is 2.82. The lowest BCUT2D eigenvalue weighted by molar-refractivity contribution is 0.531. The monoisotopic (exact) mass is 263 g/mol. The average molecular weight is 263 g/mol. The molecule has 0 aromatic heterocycles. The largest absolute Gasteiger partial charge is 0.309 e. The summed E-state index contributed by atoms with van der Waals surface area (Å²) in [6, 6.07) is 7.35. The van der Waals surface area contributed by atoms with Crippen molar-refractivity contribution >= 4 is 11.8 Å². The van der Waals surface area contributed by atoms with E-state index in [9.17, 15) is 0 Å². The van der Waals surface area contributed by atoms with Crippen LogP contribution < -0.4 is 5.32 Å². The Morgan fingerprint density at radius 3 is 2.89 bits per heavy atom. The number of thioether (sulfide) groups is 1. The normalized spacial score (nSPS) is 23.5. The molecule has 0 bridgehead atoms. The number of hydrogen-bond donors (Lipinski definition) is 1. The highest BCUT2D eigenvalue weighted by Crippen LogP contribution is 2.30. The van der Waals surface area contributed by atoms with Gasteiger partial charge in [-0.25, -0.2) is 0 Å². The van der Waals surface area contributed by atoms with Gasteiger partial charge in [0.05, 0.1) is 0 Å². The third-order valence-electron chi connectivity index (χ3n) is 4.10. The van der Waals surface area contributed by atoms with Crippen LogP contribution in [0.2, 0.25) is 0 Å². The highest BCUT2D eigenvalue weighted by molar-refractivity contribution is 7.99. The number of benzene rings is 1. The summed E-state index contributed by atoms with van der Waals surface area (Å²) < 4.78 is 0. The first-order valence-corrected chi connectivity index (χ1v) is 8.17. The summed E-state index contributed by atoms with van der Waals surface area (Å²) in [7, 11) is 0. The summed E-state index contributed by atoms with van der Waals surface area (Å²) in [5.41, 5.74) is 4.31. The predicted molar refractivity (Wildman–Crippen MR) is 82.3 cm³/mol. The quantitative estimate of drug-likeness (QED) is 0.859. The molecule has 0 radical (unpaired) electrons. The average Bonchev–Trinajstić information content (AvgIpc) is 2.79. The van der Waals surface area contributed by atoms with Crippen molar-refractivity contribution in [2.24, 2.45) is 0 Å². The molecule has 2 atom stereocenters. The Balaban J connectivity index is 1.93. The van der Waals surface area contributed by atoms with E-state index in [1.54, 1.807) is 0 Å². The standard InChI is InChI=1S/C16H25NS/c1-4-18-16-10-6-9-15(16)17-11-14-8-5-7-12(2)13(14)3/h5,7-8,15-17H,4,6,9-11H2,1-3H3. The molecule has 18 heavy (non-hydrogen) atoms. The Bertz CT molecular complexity index is 389. The SMILES string of the molecule is CCSC1CCCC1NCc1cccc(C)c1C. The molecule has 1 saturated carbocycles. The maximum absolute atomic E-state index is 3.78. The molecule has 1 N–H and O–H groups in total. The van der Waals surface area contributed by atoms with Gasteiger partial charge in [0.25, 0.3) is 0 Å². The van der Waals surface area contributed by atoms with E-state index in [0.717, 1.165) is 17.8 Å². The van der Waals surface area contributed by atoms with Crippen LogP contribution in [0, 0.1) is 13.8 Å². The highest BCUT2D eigenvalue weighted by Gasteiger charge is 2.26. The fraction of sp³-hybridized carbons (Fsp3) is 0.625. The molecule has 1 nitrogen and oxygen atoms in total. The van der Waals surface area contributed by atoms with Gasteiger partial charge in [-0.1, -0.05) is 31.5 Å². The van der Waals surface area contributed by atoms with Gasteiger partial charge in [-0.05, 0) is 49.1 Å². The first-order chi connectivity index (χ1) is 8.72. The van der Waals surface area contributed by atoms with Crippen molar-refractivity contribution in [2.75, 3.05) is 5.75 Å². The van der Waals surface area contributed by atoms with E-state index in [2.05, 4.69) is 56.0 Å². The second-order valence-electron chi connectivity index (χ2n) is 5.27. The van der Waals surface area contributed by atoms with Gasteiger partial charge in [-0.3, -0.25) is 0 Å². The summed E-state index contributed by atoms with van der Waals surface area (Å²) in [5.74, 6) is 1.24. The van der Waals surface area contributed by atoms with Crippen LogP contribution in [0.1, 0.15) is 42.9 Å². The van der Waals surface area contributed by atoms with Gasteiger partial charge < -0.3 is 5.32 Å². The van der Waals surface area contributed by atoms with Gasteiger partial charge in [0.15, 0.2) is 0 Å². The summed E-state index contributed by atoms with van der Waals surface area (Å²) in [5, 5.41) is 4.61. The Hall–Kier alpha value is -0.470. The Kier molecular flexibility index (Phi) is 5.13. The Morgan fingerprint density at radius 2 is 2.11 bits per heavy atom. The van der Waals surface area contributed by atoms with Gasteiger partial charge in [0.1, 0.15) is 0 Å². The molecule has 100 valence electrons. The zero-order valence-corrected chi connectivity index (χ0v) is 12.6. The number of rotatable bonds is 5. The number of nitrogens with one attached hydrogen (secondary N) is 1. The van der Waals surface area contributed by atoms with Gasteiger partial charge in [0.2, 0.25) is 0 Å². The lowest BCUT2D eigenvalue weighted by Gasteiger charge is -2.21. The van der Waals surface area contributed by atoms with Crippen molar-refractivity contribution in [1.29, 1.82) is 0 Å². The van der Waals surface area contributed by atoms with E-state index < -0.39 is 0 Å². The minimum absolute atomic E-state index is 0.717. The molecule has 0 spiro atoms. The van der Waals surface area contributed by atoms with Gasteiger partial charge in [-0.15, -0.1) is 0 Å². The maximum atomic E-state index is 3.78. The lowest BCUT2D eigenvalue weighted by Crippen LogP contribution is -2.33. The van der Waals surface area contributed by atoms with Gasteiger partial charge >= 0.3 is 0 Å². The van der Waals surface area contributed by atoms with Crippen LogP contribution >= 0.6 is 11.8 Å². The van der Waals surface area contributed by atoms with Crippen LogP contribution in [0.3, 0.4) is 0 Å². The van der Waals surface area contributed by atoms with Crippen molar-refractivity contribution in [3.63, 3.8) is 0 Å². The summed E-state index contributed by atoms with van der Waals surface area (Å²) >= 11 is 2.13. The molecule has 2 unspecified atom stereocenters. The zero-order valence-electron chi connectivity index (χ0n) is 11.8. The first-order valence-electron chi connectivity index (χ1n) is 7.12. The second kappa shape index (κ2) is 6.63. The van der Waals surface area contributed by atoms with Gasteiger partial charge in [-0.2, -0.15) is 11.8 Å². The number of aryl methyl sites for hydroxylation is 1. The maximum Gasteiger partial charge on any atom is 0.0211 e. The van der Waals surface area contributed by atoms with E-state index in [0.29, 0.717) is 0 Å². The Morgan fingerprint density at radius 1 is 1.28 bits per heavy atom. The highest BCUT2D eigenvalue weighted by atomic mass is 32.2. The van der Waals surface area contributed by atoms with Crippen LogP contribution in [0.4, 0.5) is 0 Å². The van der Waals surface area contributed by atoms with E-state index in [1.807, 2.05) is 0 Å². The second-order valence-corrected chi connectivity index (χ2v) is 6.79. The van der Waals surface area contributed by atoms with E-state index in [4.69, 9.17) is 0 Å². The summed E-state index contributed by atoms with van der Waals surface area (Å²) in [6.07, 6.45) is 4.13. The fourth-order valence-corrected chi connectivity index (χ4v) is 4.04. The molecular formula is C16H25NS. The van der Waals surface area contributed by atoms with Crippen molar-refractivity contribution in [3.05, 3.63) is 34.9 Å². The van der Waals surface area contributed by atoms with E-state index in [1.165, 1.54) is 41.7 Å². The zero-order chi connectivity index (χ0) is 13.0. The van der Waals surface area contributed by atoms with Crippen LogP contribution in [0.15, 0.2) is 18.2 Å². The van der Waals surface area contributed by atoms with Crippen LogP contribution in [-0.2, 0) is 6.54 Å². The summed E-state index contributed by atoms with van der Waals surface area (Å²) in [4.78, 5) is 0. The van der Waals surface area contributed by atoms with Crippen LogP contribution in [-0.4, -0.2) is 17.0 Å². The van der Waals surface area contributed by atoms with Crippen molar-refractivity contribution in [1.82, 2.24) is 5.32 Å².